The molecule has 19 heavy (non-hydrogen) atoms. The van der Waals surface area contributed by atoms with Crippen LogP contribution >= 0.6 is 0 Å². The van der Waals surface area contributed by atoms with E-state index in [-0.39, 0.29) is 16.8 Å². The normalized spacial score (nSPS) is 11.6. The molecule has 0 fully saturated rings. The van der Waals surface area contributed by atoms with Crippen LogP contribution in [0.4, 0.5) is 27.6 Å². The molecule has 2 rings (SSSR count). The molecule has 6 heteroatoms. The van der Waals surface area contributed by atoms with Crippen molar-refractivity contribution in [3.8, 4) is 11.1 Å². The average molecular weight is 273 g/mol. The fourth-order valence-electron chi connectivity index (χ4n) is 1.70. The molecule has 0 unspecified atom stereocenters. The van der Waals surface area contributed by atoms with Gasteiger partial charge in [-0.05, 0) is 18.2 Å². The first-order valence-electron chi connectivity index (χ1n) is 5.22. The standard InChI is InChI=1S/C13H8F5N/c14-10-3-1-2-9(12(10)15)8-5-4-7(6-11(8)19)13(16,17)18/h1-6H,19H2. The van der Waals surface area contributed by atoms with E-state index < -0.39 is 23.4 Å². The molecule has 0 aliphatic carbocycles. The maximum atomic E-state index is 13.5. The van der Waals surface area contributed by atoms with Crippen molar-refractivity contribution in [1.29, 1.82) is 0 Å². The maximum absolute atomic E-state index is 13.5. The predicted molar refractivity (Wildman–Crippen MR) is 61.2 cm³/mol. The summed E-state index contributed by atoms with van der Waals surface area (Å²) in [4.78, 5) is 0. The second kappa shape index (κ2) is 4.53. The smallest absolute Gasteiger partial charge is 0.398 e. The SMILES string of the molecule is Nc1cc(C(F)(F)F)ccc1-c1cccc(F)c1F. The molecule has 0 saturated heterocycles. The third-order valence-electron chi connectivity index (χ3n) is 2.62. The van der Waals surface area contributed by atoms with Crippen LogP contribution in [0.25, 0.3) is 11.1 Å². The van der Waals surface area contributed by atoms with E-state index in [1.165, 1.54) is 12.1 Å². The summed E-state index contributed by atoms with van der Waals surface area (Å²) in [7, 11) is 0. The molecule has 0 radical (unpaired) electrons. The first-order chi connectivity index (χ1) is 8.80. The minimum atomic E-state index is -4.53. The summed E-state index contributed by atoms with van der Waals surface area (Å²) >= 11 is 0. The molecule has 0 aliphatic heterocycles. The van der Waals surface area contributed by atoms with Crippen LogP contribution in [0, 0.1) is 11.6 Å². The molecule has 0 amide bonds. The first kappa shape index (κ1) is 13.3. The molecule has 0 heterocycles. The van der Waals surface area contributed by atoms with Gasteiger partial charge in [-0.1, -0.05) is 18.2 Å². The topological polar surface area (TPSA) is 26.0 Å². The van der Waals surface area contributed by atoms with Gasteiger partial charge in [-0.2, -0.15) is 13.2 Å². The molecule has 1 nitrogen and oxygen atoms in total. The Morgan fingerprint density at radius 2 is 1.58 bits per heavy atom. The lowest BCUT2D eigenvalue weighted by molar-refractivity contribution is -0.137. The summed E-state index contributed by atoms with van der Waals surface area (Å²) in [6, 6.07) is 5.91. The van der Waals surface area contributed by atoms with Gasteiger partial charge in [0.2, 0.25) is 0 Å². The van der Waals surface area contributed by atoms with Crippen molar-refractivity contribution in [1.82, 2.24) is 0 Å². The zero-order valence-electron chi connectivity index (χ0n) is 9.43. The molecule has 0 spiro atoms. The molecule has 2 aromatic carbocycles. The molecule has 2 aromatic rings. The van der Waals surface area contributed by atoms with E-state index in [0.29, 0.717) is 6.07 Å². The van der Waals surface area contributed by atoms with Crippen LogP contribution in [0.3, 0.4) is 0 Å². The van der Waals surface area contributed by atoms with Gasteiger partial charge in [0.15, 0.2) is 11.6 Å². The monoisotopic (exact) mass is 273 g/mol. The lowest BCUT2D eigenvalue weighted by Crippen LogP contribution is -2.06. The van der Waals surface area contributed by atoms with Crippen molar-refractivity contribution in [3.63, 3.8) is 0 Å². The van der Waals surface area contributed by atoms with Crippen LogP contribution in [0.5, 0.6) is 0 Å². The Labute approximate surface area is 105 Å². The lowest BCUT2D eigenvalue weighted by Gasteiger charge is -2.11. The van der Waals surface area contributed by atoms with Crippen LogP contribution < -0.4 is 5.73 Å². The summed E-state index contributed by atoms with van der Waals surface area (Å²) in [5.41, 5.74) is 4.12. The highest BCUT2D eigenvalue weighted by atomic mass is 19.4. The largest absolute Gasteiger partial charge is 0.416 e. The summed E-state index contributed by atoms with van der Waals surface area (Å²) in [6.45, 7) is 0. The van der Waals surface area contributed by atoms with E-state index >= 15 is 0 Å². The van der Waals surface area contributed by atoms with Gasteiger partial charge in [-0.25, -0.2) is 8.78 Å². The van der Waals surface area contributed by atoms with Crippen LogP contribution in [0.1, 0.15) is 5.56 Å². The zero-order valence-corrected chi connectivity index (χ0v) is 9.43. The van der Waals surface area contributed by atoms with E-state index in [1.807, 2.05) is 0 Å². The van der Waals surface area contributed by atoms with Gasteiger partial charge in [0.1, 0.15) is 0 Å². The summed E-state index contributed by atoms with van der Waals surface area (Å²) in [6.07, 6.45) is -4.53. The summed E-state index contributed by atoms with van der Waals surface area (Å²) in [5, 5.41) is 0. The van der Waals surface area contributed by atoms with Crippen molar-refractivity contribution in [2.45, 2.75) is 6.18 Å². The molecular weight excluding hydrogens is 265 g/mol. The van der Waals surface area contributed by atoms with Gasteiger partial charge in [-0.3, -0.25) is 0 Å². The van der Waals surface area contributed by atoms with Gasteiger partial charge in [0.05, 0.1) is 5.56 Å². The van der Waals surface area contributed by atoms with Crippen molar-refractivity contribution >= 4 is 5.69 Å². The van der Waals surface area contributed by atoms with Gasteiger partial charge in [0, 0.05) is 16.8 Å². The third kappa shape index (κ3) is 2.52. The van der Waals surface area contributed by atoms with Crippen LogP contribution in [0.15, 0.2) is 36.4 Å². The van der Waals surface area contributed by atoms with Gasteiger partial charge < -0.3 is 5.73 Å². The van der Waals surface area contributed by atoms with Gasteiger partial charge >= 0.3 is 6.18 Å². The summed E-state index contributed by atoms with van der Waals surface area (Å²) in [5.74, 6) is -2.23. The Morgan fingerprint density at radius 3 is 2.16 bits per heavy atom. The van der Waals surface area contributed by atoms with E-state index in [0.717, 1.165) is 18.2 Å². The summed E-state index contributed by atoms with van der Waals surface area (Å²) < 4.78 is 64.0. The van der Waals surface area contributed by atoms with E-state index in [4.69, 9.17) is 5.73 Å². The number of nitrogens with two attached hydrogens (primary N) is 1. The third-order valence-corrected chi connectivity index (χ3v) is 2.62. The van der Waals surface area contributed by atoms with E-state index in [2.05, 4.69) is 0 Å². The second-order valence-electron chi connectivity index (χ2n) is 3.90. The molecule has 2 N–H and O–H groups in total. The Bertz CT molecular complexity index is 619. The highest BCUT2D eigenvalue weighted by Gasteiger charge is 2.31. The highest BCUT2D eigenvalue weighted by Crippen LogP contribution is 2.35. The molecule has 0 saturated carbocycles. The van der Waals surface area contributed by atoms with Crippen molar-refractivity contribution in [2.75, 3.05) is 5.73 Å². The van der Waals surface area contributed by atoms with Crippen molar-refractivity contribution in [2.24, 2.45) is 0 Å². The first-order valence-corrected chi connectivity index (χ1v) is 5.22. The Balaban J connectivity index is 2.56. The number of anilines is 1. The van der Waals surface area contributed by atoms with Crippen molar-refractivity contribution < 1.29 is 22.0 Å². The number of benzene rings is 2. The van der Waals surface area contributed by atoms with Crippen LogP contribution in [-0.4, -0.2) is 0 Å². The molecule has 0 aliphatic rings. The lowest BCUT2D eigenvalue weighted by atomic mass is 10.0. The van der Waals surface area contributed by atoms with E-state index in [9.17, 15) is 22.0 Å². The molecule has 0 aromatic heterocycles. The molecular formula is C13H8F5N. The highest BCUT2D eigenvalue weighted by molar-refractivity contribution is 5.77. The van der Waals surface area contributed by atoms with Crippen LogP contribution in [0.2, 0.25) is 0 Å². The minimum Gasteiger partial charge on any atom is -0.398 e. The zero-order chi connectivity index (χ0) is 14.2. The van der Waals surface area contributed by atoms with E-state index in [1.54, 1.807) is 0 Å². The quantitative estimate of drug-likeness (QED) is 0.610. The van der Waals surface area contributed by atoms with Crippen molar-refractivity contribution in [3.05, 3.63) is 53.6 Å². The fourth-order valence-corrected chi connectivity index (χ4v) is 1.70. The maximum Gasteiger partial charge on any atom is 0.416 e. The molecule has 0 bridgehead atoms. The minimum absolute atomic E-state index is 0.0185. The van der Waals surface area contributed by atoms with Gasteiger partial charge in [0.25, 0.3) is 0 Å². The molecule has 0 atom stereocenters. The number of hydrogen-bond acceptors (Lipinski definition) is 1. The number of alkyl halides is 3. The second-order valence-corrected chi connectivity index (χ2v) is 3.90. The number of rotatable bonds is 1. The average Bonchev–Trinajstić information content (AvgIpc) is 2.32. The Morgan fingerprint density at radius 1 is 0.895 bits per heavy atom. The number of nitrogen functional groups attached to an aromatic ring is 1. The number of hydrogen-bond donors (Lipinski definition) is 1. The predicted octanol–water partition coefficient (Wildman–Crippen LogP) is 4.23. The Kier molecular flexibility index (Phi) is 3.18. The van der Waals surface area contributed by atoms with Gasteiger partial charge in [-0.15, -0.1) is 0 Å². The fraction of sp³-hybridized carbons (Fsp3) is 0.0769. The number of halogens is 5. The Hall–Kier alpha value is -2.11. The molecule has 100 valence electrons. The van der Waals surface area contributed by atoms with Crippen LogP contribution in [-0.2, 0) is 6.18 Å².